The van der Waals surface area contributed by atoms with Gasteiger partial charge < -0.3 is 19.6 Å². The number of hydrogen-bond acceptors (Lipinski definition) is 6. The van der Waals surface area contributed by atoms with Gasteiger partial charge in [-0.05, 0) is 92.6 Å². The Morgan fingerprint density at radius 2 is 1.60 bits per heavy atom. The van der Waals surface area contributed by atoms with Crippen LogP contribution in [0.2, 0.25) is 10.0 Å². The third-order valence-corrected chi connectivity index (χ3v) is 12.3. The molecule has 3 amide bonds. The number of amidine groups is 1. The molecule has 4 atom stereocenters. The van der Waals surface area contributed by atoms with Gasteiger partial charge in [0.1, 0.15) is 16.5 Å². The van der Waals surface area contributed by atoms with E-state index in [0.29, 0.717) is 41.0 Å². The molecule has 11 heteroatoms. The van der Waals surface area contributed by atoms with E-state index in [0.717, 1.165) is 41.3 Å². The van der Waals surface area contributed by atoms with Gasteiger partial charge in [-0.3, -0.25) is 14.4 Å². The maximum absolute atomic E-state index is 14.7. The molecule has 0 N–H and O–H groups in total. The van der Waals surface area contributed by atoms with E-state index in [9.17, 15) is 14.4 Å². The Hall–Kier alpha value is -3.01. The number of fused-ring (bicyclic) bond motifs is 1. The van der Waals surface area contributed by atoms with Gasteiger partial charge in [0, 0.05) is 48.3 Å². The minimum atomic E-state index is -0.657. The zero-order valence-electron chi connectivity index (χ0n) is 27.5. The van der Waals surface area contributed by atoms with Gasteiger partial charge in [-0.1, -0.05) is 61.3 Å². The molecule has 7 rings (SSSR count). The van der Waals surface area contributed by atoms with Crippen LogP contribution in [0.5, 0.6) is 0 Å². The van der Waals surface area contributed by atoms with Gasteiger partial charge in [0.15, 0.2) is 5.17 Å². The van der Waals surface area contributed by atoms with E-state index < -0.39 is 11.6 Å². The largest absolute Gasteiger partial charge is 0.337 e. The maximum Gasteiger partial charge on any atom is 0.263 e. The van der Waals surface area contributed by atoms with Gasteiger partial charge in [0.05, 0.1) is 11.6 Å². The monoisotopic (exact) mass is 693 g/mol. The first-order valence-corrected chi connectivity index (χ1v) is 18.1. The van der Waals surface area contributed by atoms with Crippen LogP contribution in [0.1, 0.15) is 77.5 Å². The summed E-state index contributed by atoms with van der Waals surface area (Å²) in [5.74, 6) is -0.0254. The lowest BCUT2D eigenvalue weighted by Gasteiger charge is -2.43. The van der Waals surface area contributed by atoms with Gasteiger partial charge >= 0.3 is 0 Å². The van der Waals surface area contributed by atoms with Crippen molar-refractivity contribution in [2.45, 2.75) is 89.5 Å². The second kappa shape index (κ2) is 11.8. The van der Waals surface area contributed by atoms with Gasteiger partial charge in [-0.2, -0.15) is 0 Å². The Morgan fingerprint density at radius 1 is 0.957 bits per heavy atom. The van der Waals surface area contributed by atoms with Crippen LogP contribution in [0.4, 0.5) is 0 Å². The van der Waals surface area contributed by atoms with E-state index in [1.165, 1.54) is 11.8 Å². The number of allylic oxidation sites excluding steroid dienone is 1. The first-order chi connectivity index (χ1) is 22.3. The topological polar surface area (TPSA) is 76.5 Å². The number of hydrogen-bond donors (Lipinski definition) is 0. The summed E-state index contributed by atoms with van der Waals surface area (Å²) < 4.78 is 0. The molecule has 248 valence electrons. The molecule has 47 heavy (non-hydrogen) atoms. The molecular formula is C36H41Cl2N5O3S. The van der Waals surface area contributed by atoms with E-state index in [2.05, 4.69) is 25.7 Å². The highest BCUT2D eigenvalue weighted by atomic mass is 35.5. The lowest BCUT2D eigenvalue weighted by molar-refractivity contribution is -0.148. The highest BCUT2D eigenvalue weighted by molar-refractivity contribution is 8.18. The molecule has 5 aliphatic rings. The lowest BCUT2D eigenvalue weighted by atomic mass is 9.81. The predicted molar refractivity (Wildman–Crippen MR) is 187 cm³/mol. The zero-order valence-corrected chi connectivity index (χ0v) is 29.8. The smallest absolute Gasteiger partial charge is 0.263 e. The molecule has 8 nitrogen and oxygen atoms in total. The van der Waals surface area contributed by atoms with Crippen LogP contribution in [0.3, 0.4) is 0 Å². The van der Waals surface area contributed by atoms with Crippen LogP contribution in [0.15, 0.2) is 64.1 Å². The zero-order chi connectivity index (χ0) is 33.4. The SMILES string of the molecule is CC(=O)N1CCN(C(=O)[C@H]2CC[C@@H](C)N2C(=O)C2=C(C(C)C)N3C(=N[C@@](C)(c4ccc(Cl)cc4)[C@H]3c3ccc(Cl)cc3)S2)CC12CC2. The van der Waals surface area contributed by atoms with Crippen LogP contribution in [-0.2, 0) is 19.9 Å². The highest BCUT2D eigenvalue weighted by Gasteiger charge is 2.56. The van der Waals surface area contributed by atoms with Gasteiger partial charge in [-0.25, -0.2) is 4.99 Å². The first-order valence-electron chi connectivity index (χ1n) is 16.6. The lowest BCUT2D eigenvalue weighted by Crippen LogP contribution is -2.60. The average molecular weight is 695 g/mol. The Bertz CT molecular complexity index is 1690. The Morgan fingerprint density at radius 3 is 2.19 bits per heavy atom. The number of benzene rings is 2. The minimum absolute atomic E-state index is 0.000865. The predicted octanol–water partition coefficient (Wildman–Crippen LogP) is 6.84. The molecule has 0 radical (unpaired) electrons. The van der Waals surface area contributed by atoms with Crippen molar-refractivity contribution in [1.82, 2.24) is 19.6 Å². The van der Waals surface area contributed by atoms with Crippen LogP contribution >= 0.6 is 35.0 Å². The number of thioether (sulfide) groups is 1. The fourth-order valence-electron chi connectivity index (χ4n) is 8.19. The third kappa shape index (κ3) is 5.37. The van der Waals surface area contributed by atoms with Gasteiger partial charge in [0.2, 0.25) is 11.8 Å². The highest BCUT2D eigenvalue weighted by Crippen LogP contribution is 2.56. The summed E-state index contributed by atoms with van der Waals surface area (Å²) in [7, 11) is 0. The fraction of sp³-hybridized carbons (Fsp3) is 0.500. The second-order valence-electron chi connectivity index (χ2n) is 14.2. The van der Waals surface area contributed by atoms with E-state index >= 15 is 0 Å². The van der Waals surface area contributed by atoms with Crippen molar-refractivity contribution in [2.75, 3.05) is 19.6 Å². The van der Waals surface area contributed by atoms with Crippen LogP contribution < -0.4 is 0 Å². The Labute approximate surface area is 291 Å². The number of nitrogens with zero attached hydrogens (tertiary/aromatic N) is 5. The van der Waals surface area contributed by atoms with E-state index in [1.54, 1.807) is 6.92 Å². The molecular weight excluding hydrogens is 653 g/mol. The molecule has 1 aliphatic carbocycles. The summed E-state index contributed by atoms with van der Waals surface area (Å²) in [4.78, 5) is 55.1. The van der Waals surface area contributed by atoms with Crippen molar-refractivity contribution in [3.63, 3.8) is 0 Å². The van der Waals surface area contributed by atoms with Crippen molar-refractivity contribution in [3.05, 3.63) is 80.3 Å². The summed E-state index contributed by atoms with van der Waals surface area (Å²) in [6.45, 7) is 11.6. The van der Waals surface area contributed by atoms with Gasteiger partial charge in [0.25, 0.3) is 5.91 Å². The number of likely N-dealkylation sites (tertiary alicyclic amines) is 1. The van der Waals surface area contributed by atoms with Crippen molar-refractivity contribution in [3.8, 4) is 0 Å². The summed E-state index contributed by atoms with van der Waals surface area (Å²) in [5.41, 5.74) is 2.10. The Kier molecular flexibility index (Phi) is 8.20. The summed E-state index contributed by atoms with van der Waals surface area (Å²) in [6, 6.07) is 14.9. The van der Waals surface area contributed by atoms with Crippen LogP contribution in [-0.4, -0.2) is 79.7 Å². The van der Waals surface area contributed by atoms with Crippen LogP contribution in [0.25, 0.3) is 0 Å². The number of carbonyl (C=O) groups excluding carboxylic acids is 3. The average Bonchev–Trinajstić information content (AvgIpc) is 3.37. The van der Waals surface area contributed by atoms with Crippen molar-refractivity contribution in [2.24, 2.45) is 10.9 Å². The molecule has 4 heterocycles. The molecule has 2 aromatic carbocycles. The maximum atomic E-state index is 14.7. The van der Waals surface area contributed by atoms with Crippen molar-refractivity contribution >= 4 is 57.9 Å². The van der Waals surface area contributed by atoms with Crippen LogP contribution in [0, 0.1) is 5.92 Å². The standard InChI is InChI=1S/C36H41Cl2N5O3S/c1-21(2)29-30(33(46)42-22(3)6-15-28(42)32(45)40-18-19-41(23(4)44)36(20-40)16-17-36)47-34-39-35(5,25-9-13-27(38)14-10-25)31(43(29)34)24-7-11-26(37)12-8-24/h7-14,21-22,28,31H,6,15-20H2,1-5H3/t22-,28-,31-,35+/m1/s1. The Balaban J connectivity index is 1.23. The van der Waals surface area contributed by atoms with E-state index in [4.69, 9.17) is 28.2 Å². The van der Waals surface area contributed by atoms with E-state index in [-0.39, 0.29) is 41.3 Å². The third-order valence-electron chi connectivity index (χ3n) is 10.7. The summed E-state index contributed by atoms with van der Waals surface area (Å²) in [6.07, 6.45) is 3.24. The molecule has 1 saturated carbocycles. The first kappa shape index (κ1) is 32.5. The summed E-state index contributed by atoms with van der Waals surface area (Å²) in [5, 5.41) is 2.09. The molecule has 4 aliphatic heterocycles. The normalized spacial score (nSPS) is 28.0. The van der Waals surface area contributed by atoms with Crippen molar-refractivity contribution < 1.29 is 14.4 Å². The molecule has 1 spiro atoms. The summed E-state index contributed by atoms with van der Waals surface area (Å²) >= 11 is 14.0. The fourth-order valence-corrected chi connectivity index (χ4v) is 9.79. The number of aliphatic imine (C=N–C) groups is 1. The van der Waals surface area contributed by atoms with Gasteiger partial charge in [-0.15, -0.1) is 0 Å². The quantitative estimate of drug-likeness (QED) is 0.343. The molecule has 2 aromatic rings. The molecule has 0 bridgehead atoms. The number of rotatable bonds is 5. The van der Waals surface area contributed by atoms with Crippen molar-refractivity contribution in [1.29, 1.82) is 0 Å². The molecule has 2 saturated heterocycles. The van der Waals surface area contributed by atoms with E-state index in [1.807, 2.05) is 70.2 Å². The molecule has 3 fully saturated rings. The number of amides is 3. The second-order valence-corrected chi connectivity index (χ2v) is 16.0. The number of halogens is 2. The minimum Gasteiger partial charge on any atom is -0.337 e. The molecule has 0 unspecified atom stereocenters. The number of carbonyl (C=O) groups is 3. The number of piperazine rings is 1. The molecule has 0 aromatic heterocycles.